The van der Waals surface area contributed by atoms with E-state index in [4.69, 9.17) is 16.3 Å². The Balaban J connectivity index is 2.07. The number of esters is 1. The van der Waals surface area contributed by atoms with Crippen molar-refractivity contribution in [3.05, 3.63) is 81.5 Å². The summed E-state index contributed by atoms with van der Waals surface area (Å²) >= 11 is 6.42. The lowest BCUT2D eigenvalue weighted by atomic mass is 9.83. The number of benzene rings is 2. The van der Waals surface area contributed by atoms with Crippen molar-refractivity contribution in [3.8, 4) is 0 Å². The van der Waals surface area contributed by atoms with E-state index in [1.54, 1.807) is 11.0 Å². The van der Waals surface area contributed by atoms with Crippen molar-refractivity contribution < 1.29 is 14.3 Å². The fourth-order valence-electron chi connectivity index (χ4n) is 3.73. The topological polar surface area (TPSA) is 46.6 Å². The van der Waals surface area contributed by atoms with Gasteiger partial charge >= 0.3 is 5.97 Å². The minimum atomic E-state index is -0.421. The largest absolute Gasteiger partial charge is 0.460 e. The van der Waals surface area contributed by atoms with Crippen molar-refractivity contribution in [2.75, 3.05) is 0 Å². The van der Waals surface area contributed by atoms with Crippen LogP contribution in [0.2, 0.25) is 5.02 Å². The highest BCUT2D eigenvalue weighted by Gasteiger charge is 2.38. The first kappa shape index (κ1) is 21.1. The predicted molar refractivity (Wildman–Crippen MR) is 114 cm³/mol. The molecular weight excluding hydrogens is 386 g/mol. The zero-order valence-corrected chi connectivity index (χ0v) is 18.0. The van der Waals surface area contributed by atoms with Gasteiger partial charge in [0.1, 0.15) is 0 Å². The van der Waals surface area contributed by atoms with Crippen LogP contribution < -0.4 is 0 Å². The number of halogens is 1. The third-order valence-corrected chi connectivity index (χ3v) is 5.60. The van der Waals surface area contributed by atoms with E-state index in [2.05, 4.69) is 0 Å². The SMILES string of the molecule is CC1=C(C(=O)OC(C)C)C(c2ccccc2Cl)CC(=O)N1Cc1ccccc1C. The van der Waals surface area contributed by atoms with Gasteiger partial charge in [0.2, 0.25) is 5.91 Å². The average molecular weight is 412 g/mol. The van der Waals surface area contributed by atoms with E-state index < -0.39 is 11.9 Å². The quantitative estimate of drug-likeness (QED) is 0.619. The Kier molecular flexibility index (Phi) is 6.43. The molecule has 0 fully saturated rings. The van der Waals surface area contributed by atoms with Gasteiger partial charge < -0.3 is 9.64 Å². The van der Waals surface area contributed by atoms with Crippen LogP contribution in [0.4, 0.5) is 0 Å². The molecule has 0 saturated carbocycles. The second-order valence-corrected chi connectivity index (χ2v) is 8.04. The van der Waals surface area contributed by atoms with Crippen LogP contribution in [-0.2, 0) is 20.9 Å². The molecule has 0 bridgehead atoms. The zero-order chi connectivity index (χ0) is 21.1. The fraction of sp³-hybridized carbons (Fsp3) is 0.333. The molecular formula is C24H26ClNO3. The molecule has 1 atom stereocenters. The predicted octanol–water partition coefficient (Wildman–Crippen LogP) is 5.39. The minimum Gasteiger partial charge on any atom is -0.460 e. The molecule has 0 spiro atoms. The molecule has 0 saturated heterocycles. The Hall–Kier alpha value is -2.59. The van der Waals surface area contributed by atoms with Gasteiger partial charge in [-0.25, -0.2) is 4.79 Å². The summed E-state index contributed by atoms with van der Waals surface area (Å²) in [5.41, 5.74) is 4.05. The van der Waals surface area contributed by atoms with Crippen LogP contribution in [0.1, 0.15) is 49.8 Å². The second-order valence-electron chi connectivity index (χ2n) is 7.64. The summed E-state index contributed by atoms with van der Waals surface area (Å²) in [5.74, 6) is -0.850. The summed E-state index contributed by atoms with van der Waals surface area (Å²) in [6.07, 6.45) is -0.0766. The number of hydrogen-bond donors (Lipinski definition) is 0. The fourth-order valence-corrected chi connectivity index (χ4v) is 3.99. The number of nitrogens with zero attached hydrogens (tertiary/aromatic N) is 1. The third-order valence-electron chi connectivity index (χ3n) is 5.26. The molecule has 2 aromatic carbocycles. The summed E-state index contributed by atoms with van der Waals surface area (Å²) in [6, 6.07) is 15.3. The molecule has 0 radical (unpaired) electrons. The number of carbonyl (C=O) groups excluding carboxylic acids is 2. The van der Waals surface area contributed by atoms with Gasteiger partial charge in [-0.15, -0.1) is 0 Å². The van der Waals surface area contributed by atoms with Gasteiger partial charge in [0, 0.05) is 23.1 Å². The molecule has 5 heteroatoms. The average Bonchev–Trinajstić information content (AvgIpc) is 2.65. The van der Waals surface area contributed by atoms with Crippen LogP contribution in [-0.4, -0.2) is 22.9 Å². The van der Waals surface area contributed by atoms with Crippen molar-refractivity contribution in [2.24, 2.45) is 0 Å². The van der Waals surface area contributed by atoms with Crippen molar-refractivity contribution in [1.29, 1.82) is 0 Å². The van der Waals surface area contributed by atoms with Crippen molar-refractivity contribution >= 4 is 23.5 Å². The monoisotopic (exact) mass is 411 g/mol. The molecule has 1 amide bonds. The zero-order valence-electron chi connectivity index (χ0n) is 17.2. The van der Waals surface area contributed by atoms with E-state index in [0.29, 0.717) is 22.8 Å². The van der Waals surface area contributed by atoms with Gasteiger partial charge in [-0.05, 0) is 50.5 Å². The lowest BCUT2D eigenvalue weighted by molar-refractivity contribution is -0.143. The minimum absolute atomic E-state index is 0.0308. The van der Waals surface area contributed by atoms with Crippen LogP contribution in [0.5, 0.6) is 0 Å². The maximum Gasteiger partial charge on any atom is 0.336 e. The van der Waals surface area contributed by atoms with Crippen LogP contribution in [0.15, 0.2) is 59.8 Å². The highest BCUT2D eigenvalue weighted by atomic mass is 35.5. The van der Waals surface area contributed by atoms with Gasteiger partial charge in [-0.3, -0.25) is 4.79 Å². The Labute approximate surface area is 177 Å². The molecule has 0 aliphatic carbocycles. The van der Waals surface area contributed by atoms with Crippen molar-refractivity contribution in [1.82, 2.24) is 4.90 Å². The van der Waals surface area contributed by atoms with Crippen LogP contribution >= 0.6 is 11.6 Å². The first-order valence-electron chi connectivity index (χ1n) is 9.80. The number of aryl methyl sites for hydroxylation is 1. The molecule has 1 aliphatic heterocycles. The Morgan fingerprint density at radius 2 is 1.79 bits per heavy atom. The van der Waals surface area contributed by atoms with Crippen LogP contribution in [0.25, 0.3) is 0 Å². The van der Waals surface area contributed by atoms with Crippen LogP contribution in [0.3, 0.4) is 0 Å². The molecule has 1 aliphatic rings. The van der Waals surface area contributed by atoms with Gasteiger partial charge in [-0.1, -0.05) is 54.1 Å². The molecule has 1 heterocycles. The van der Waals surface area contributed by atoms with Gasteiger partial charge in [0.15, 0.2) is 0 Å². The first-order chi connectivity index (χ1) is 13.8. The maximum atomic E-state index is 13.1. The number of amides is 1. The summed E-state index contributed by atoms with van der Waals surface area (Å²) in [7, 11) is 0. The normalized spacial score (nSPS) is 17.1. The van der Waals surface area contributed by atoms with Crippen molar-refractivity contribution in [3.63, 3.8) is 0 Å². The summed E-state index contributed by atoms with van der Waals surface area (Å²) < 4.78 is 5.53. The molecule has 3 rings (SSSR count). The second kappa shape index (κ2) is 8.83. The highest BCUT2D eigenvalue weighted by Crippen LogP contribution is 2.40. The Bertz CT molecular complexity index is 964. The molecule has 2 aromatic rings. The Morgan fingerprint density at radius 1 is 1.14 bits per heavy atom. The highest BCUT2D eigenvalue weighted by molar-refractivity contribution is 6.31. The standard InChI is InChI=1S/C24H26ClNO3/c1-15(2)29-24(28)23-17(4)26(14-18-10-6-5-9-16(18)3)22(27)13-20(23)19-11-7-8-12-21(19)25/h5-12,15,20H,13-14H2,1-4H3. The molecule has 29 heavy (non-hydrogen) atoms. The number of carbonyl (C=O) groups is 2. The summed E-state index contributed by atoms with van der Waals surface area (Å²) in [6.45, 7) is 7.89. The van der Waals surface area contributed by atoms with E-state index in [1.807, 2.05) is 70.2 Å². The maximum absolute atomic E-state index is 13.1. The van der Waals surface area contributed by atoms with E-state index in [-0.39, 0.29) is 18.4 Å². The first-order valence-corrected chi connectivity index (χ1v) is 10.2. The summed E-state index contributed by atoms with van der Waals surface area (Å²) in [4.78, 5) is 27.8. The number of hydrogen-bond acceptors (Lipinski definition) is 3. The molecule has 152 valence electrons. The van der Waals surface area contributed by atoms with E-state index in [1.165, 1.54) is 0 Å². The van der Waals surface area contributed by atoms with E-state index in [9.17, 15) is 9.59 Å². The number of allylic oxidation sites excluding steroid dienone is 1. The molecule has 1 unspecified atom stereocenters. The third kappa shape index (κ3) is 4.54. The van der Waals surface area contributed by atoms with Gasteiger partial charge in [0.25, 0.3) is 0 Å². The van der Waals surface area contributed by atoms with E-state index >= 15 is 0 Å². The molecule has 4 nitrogen and oxygen atoms in total. The van der Waals surface area contributed by atoms with Crippen LogP contribution in [0, 0.1) is 6.92 Å². The van der Waals surface area contributed by atoms with Gasteiger partial charge in [-0.2, -0.15) is 0 Å². The summed E-state index contributed by atoms with van der Waals surface area (Å²) in [5, 5.41) is 0.542. The van der Waals surface area contributed by atoms with Crippen molar-refractivity contribution in [2.45, 2.75) is 52.7 Å². The smallest absolute Gasteiger partial charge is 0.336 e. The Morgan fingerprint density at radius 3 is 2.45 bits per heavy atom. The van der Waals surface area contributed by atoms with Gasteiger partial charge in [0.05, 0.1) is 18.2 Å². The number of rotatable bonds is 5. The molecule has 0 N–H and O–H groups in total. The number of ether oxygens (including phenoxy) is 1. The molecule has 0 aromatic heterocycles. The van der Waals surface area contributed by atoms with E-state index in [0.717, 1.165) is 16.7 Å². The lowest BCUT2D eigenvalue weighted by Gasteiger charge is -2.35. The lowest BCUT2D eigenvalue weighted by Crippen LogP contribution is -2.38.